The summed E-state index contributed by atoms with van der Waals surface area (Å²) in [4.78, 5) is 53.1. The van der Waals surface area contributed by atoms with Crippen LogP contribution in [0.2, 0.25) is 5.02 Å². The molecule has 3 amide bonds. The van der Waals surface area contributed by atoms with E-state index in [-0.39, 0.29) is 18.5 Å². The van der Waals surface area contributed by atoms with Crippen molar-refractivity contribution in [3.8, 4) is 11.4 Å². The molecule has 0 radical (unpaired) electrons. The van der Waals surface area contributed by atoms with Crippen molar-refractivity contribution in [2.45, 2.75) is 71.8 Å². The lowest BCUT2D eigenvalue weighted by atomic mass is 9.98. The van der Waals surface area contributed by atoms with Gasteiger partial charge in [-0.05, 0) is 49.8 Å². The number of carbonyl (C=O) groups is 4. The summed E-state index contributed by atoms with van der Waals surface area (Å²) in [6.07, 6.45) is -3.12. The second kappa shape index (κ2) is 13.1. The van der Waals surface area contributed by atoms with Crippen LogP contribution in [0, 0.1) is 18.8 Å². The zero-order valence-corrected chi connectivity index (χ0v) is 25.0. The number of benzene rings is 1. The molecule has 1 aromatic carbocycles. The number of halogens is 4. The summed E-state index contributed by atoms with van der Waals surface area (Å²) in [5.74, 6) is -4.76. The number of ketones is 1. The Labute approximate surface area is 246 Å². The molecule has 3 atom stereocenters. The number of nitrogens with one attached hydrogen (secondary N) is 2. The summed E-state index contributed by atoms with van der Waals surface area (Å²) < 4.78 is 46.0. The topological polar surface area (TPSA) is 123 Å². The maximum atomic E-state index is 13.6. The number of Topliss-reactive ketones (excluding diaryl/α,β-unsaturated/α-hetero) is 1. The van der Waals surface area contributed by atoms with Gasteiger partial charge in [-0.1, -0.05) is 39.3 Å². The predicted molar refractivity (Wildman–Crippen MR) is 149 cm³/mol. The Morgan fingerprint density at radius 2 is 1.71 bits per heavy atom. The molecule has 3 rings (SSSR count). The summed E-state index contributed by atoms with van der Waals surface area (Å²) in [6.45, 7) is 8.08. The van der Waals surface area contributed by atoms with Crippen LogP contribution in [0.3, 0.4) is 0 Å². The molecular weight excluding hydrogens is 579 g/mol. The van der Waals surface area contributed by atoms with E-state index in [2.05, 4.69) is 15.7 Å². The van der Waals surface area contributed by atoms with Crippen molar-refractivity contribution in [3.63, 3.8) is 0 Å². The van der Waals surface area contributed by atoms with E-state index in [1.807, 2.05) is 0 Å². The van der Waals surface area contributed by atoms with E-state index in [1.165, 1.54) is 36.7 Å². The van der Waals surface area contributed by atoms with Crippen molar-refractivity contribution in [2.75, 3.05) is 13.7 Å². The molecule has 1 aliphatic rings. The number of hydrogen-bond donors (Lipinski definition) is 2. The largest absolute Gasteiger partial charge is 0.495 e. The molecule has 0 bridgehead atoms. The van der Waals surface area contributed by atoms with Crippen LogP contribution in [0.4, 0.5) is 13.2 Å². The van der Waals surface area contributed by atoms with Crippen LogP contribution in [0.25, 0.3) is 5.69 Å². The first kappa shape index (κ1) is 32.9. The van der Waals surface area contributed by atoms with E-state index >= 15 is 0 Å². The third-order valence-corrected chi connectivity index (χ3v) is 7.51. The summed E-state index contributed by atoms with van der Waals surface area (Å²) in [6, 6.07) is 1.11. The second-order valence-corrected chi connectivity index (χ2v) is 11.3. The molecule has 0 saturated carbocycles. The Morgan fingerprint density at radius 1 is 1.07 bits per heavy atom. The van der Waals surface area contributed by atoms with Crippen molar-refractivity contribution in [3.05, 3.63) is 40.7 Å². The number of ether oxygens (including phenoxy) is 1. The van der Waals surface area contributed by atoms with Crippen LogP contribution in [0.5, 0.6) is 5.75 Å². The lowest BCUT2D eigenvalue weighted by Crippen LogP contribution is -2.58. The Balaban J connectivity index is 1.78. The molecule has 42 heavy (non-hydrogen) atoms. The molecule has 0 aliphatic carbocycles. The van der Waals surface area contributed by atoms with Gasteiger partial charge in [0.1, 0.15) is 17.8 Å². The quantitative estimate of drug-likeness (QED) is 0.420. The minimum atomic E-state index is -5.12. The van der Waals surface area contributed by atoms with Crippen LogP contribution in [-0.4, -0.2) is 76.1 Å². The number of carbonyl (C=O) groups excluding carboxylic acids is 4. The Hall–Kier alpha value is -3.61. The molecule has 1 saturated heterocycles. The van der Waals surface area contributed by atoms with Gasteiger partial charge < -0.3 is 20.3 Å². The van der Waals surface area contributed by atoms with Gasteiger partial charge in [0, 0.05) is 6.54 Å². The maximum absolute atomic E-state index is 13.6. The highest BCUT2D eigenvalue weighted by atomic mass is 35.5. The molecule has 2 aromatic rings. The van der Waals surface area contributed by atoms with Crippen LogP contribution in [0.15, 0.2) is 24.4 Å². The molecule has 1 fully saturated rings. The SMILES string of the molecule is COc1ccc(-n2ncc(C(=O)N[C@H](C(=O)N3CCC[C@H]3C(=O)N[C@H](C(=O)C(F)(F)F)C(C)C)C(C)C)c2C)cc1Cl. The van der Waals surface area contributed by atoms with E-state index in [0.717, 1.165) is 0 Å². The zero-order valence-electron chi connectivity index (χ0n) is 24.2. The molecule has 10 nitrogen and oxygen atoms in total. The van der Waals surface area contributed by atoms with Crippen LogP contribution in [0.1, 0.15) is 56.6 Å². The minimum Gasteiger partial charge on any atom is -0.495 e. The van der Waals surface area contributed by atoms with Crippen molar-refractivity contribution in [2.24, 2.45) is 11.8 Å². The number of nitrogens with zero attached hydrogens (tertiary/aromatic N) is 3. The second-order valence-electron chi connectivity index (χ2n) is 10.9. The van der Waals surface area contributed by atoms with E-state index in [0.29, 0.717) is 28.6 Å². The van der Waals surface area contributed by atoms with Gasteiger partial charge in [-0.15, -0.1) is 0 Å². The van der Waals surface area contributed by atoms with E-state index in [4.69, 9.17) is 16.3 Å². The molecule has 0 unspecified atom stereocenters. The summed E-state index contributed by atoms with van der Waals surface area (Å²) in [7, 11) is 1.49. The molecule has 0 spiro atoms. The summed E-state index contributed by atoms with van der Waals surface area (Å²) >= 11 is 6.23. The normalized spacial score (nSPS) is 16.9. The van der Waals surface area contributed by atoms with Gasteiger partial charge in [-0.3, -0.25) is 19.2 Å². The van der Waals surface area contributed by atoms with Crippen molar-refractivity contribution in [1.29, 1.82) is 0 Å². The molecule has 230 valence electrons. The third-order valence-electron chi connectivity index (χ3n) is 7.22. The van der Waals surface area contributed by atoms with E-state index < -0.39 is 59.6 Å². The molecule has 2 heterocycles. The van der Waals surface area contributed by atoms with Crippen molar-refractivity contribution >= 4 is 35.1 Å². The van der Waals surface area contributed by atoms with E-state index in [1.54, 1.807) is 39.0 Å². The van der Waals surface area contributed by atoms with Crippen LogP contribution < -0.4 is 15.4 Å². The Kier molecular flexibility index (Phi) is 10.3. The van der Waals surface area contributed by atoms with Gasteiger partial charge in [0.05, 0.1) is 41.3 Å². The molecule has 1 aliphatic heterocycles. The monoisotopic (exact) mass is 613 g/mol. The van der Waals surface area contributed by atoms with Gasteiger partial charge in [0.15, 0.2) is 0 Å². The first-order valence-corrected chi connectivity index (χ1v) is 13.9. The molecule has 1 aromatic heterocycles. The fourth-order valence-corrected chi connectivity index (χ4v) is 5.11. The standard InChI is InChI=1S/C28H35ClF3N5O5/c1-14(2)22(24(38)28(30,31)32)34-26(40)20-8-7-11-36(20)27(41)23(15(3)4)35-25(39)18-13-33-37(16(18)5)17-9-10-21(42-6)19(29)12-17/h9-10,12-15,20,22-23H,7-8,11H2,1-6H3,(H,34,40)(H,35,39)/t20-,22-,23-/m0/s1. The van der Waals surface area contributed by atoms with Gasteiger partial charge in [0.2, 0.25) is 11.8 Å². The lowest BCUT2D eigenvalue weighted by Gasteiger charge is -2.31. The van der Waals surface area contributed by atoms with Crippen molar-refractivity contribution < 1.29 is 37.1 Å². The number of likely N-dealkylation sites (tertiary alicyclic amines) is 1. The Bertz CT molecular complexity index is 1340. The number of alkyl halides is 3. The zero-order chi connectivity index (χ0) is 31.5. The fourth-order valence-electron chi connectivity index (χ4n) is 4.85. The maximum Gasteiger partial charge on any atom is 0.452 e. The number of hydrogen-bond acceptors (Lipinski definition) is 6. The van der Waals surface area contributed by atoms with Crippen molar-refractivity contribution in [1.82, 2.24) is 25.3 Å². The van der Waals surface area contributed by atoms with Gasteiger partial charge in [-0.2, -0.15) is 18.3 Å². The summed E-state index contributed by atoms with van der Waals surface area (Å²) in [5.41, 5.74) is 1.28. The smallest absolute Gasteiger partial charge is 0.452 e. The molecule has 2 N–H and O–H groups in total. The average molecular weight is 614 g/mol. The number of aromatic nitrogens is 2. The van der Waals surface area contributed by atoms with Gasteiger partial charge >= 0.3 is 6.18 Å². The van der Waals surface area contributed by atoms with E-state index in [9.17, 15) is 32.3 Å². The minimum absolute atomic E-state index is 0.171. The molecule has 14 heteroatoms. The Morgan fingerprint density at radius 3 is 2.26 bits per heavy atom. The highest BCUT2D eigenvalue weighted by molar-refractivity contribution is 6.32. The number of amides is 3. The third kappa shape index (κ3) is 7.05. The average Bonchev–Trinajstić information content (AvgIpc) is 3.55. The first-order valence-electron chi connectivity index (χ1n) is 13.5. The number of rotatable bonds is 10. The highest BCUT2D eigenvalue weighted by Crippen LogP contribution is 2.28. The highest BCUT2D eigenvalue weighted by Gasteiger charge is 2.46. The van der Waals surface area contributed by atoms with Crippen LogP contribution >= 0.6 is 11.6 Å². The van der Waals surface area contributed by atoms with Gasteiger partial charge in [-0.25, -0.2) is 4.68 Å². The number of methoxy groups -OCH3 is 1. The summed E-state index contributed by atoms with van der Waals surface area (Å²) in [5, 5.41) is 9.58. The van der Waals surface area contributed by atoms with Crippen LogP contribution in [-0.2, 0) is 14.4 Å². The first-order chi connectivity index (χ1) is 19.6. The fraction of sp³-hybridized carbons (Fsp3) is 0.536. The molecular formula is C28H35ClF3N5O5. The predicted octanol–water partition coefficient (Wildman–Crippen LogP) is 3.86. The lowest BCUT2D eigenvalue weighted by molar-refractivity contribution is -0.175. The van der Waals surface area contributed by atoms with Gasteiger partial charge in [0.25, 0.3) is 11.7 Å².